The lowest BCUT2D eigenvalue weighted by Gasteiger charge is -2.35. The largest absolute Gasteiger partial charge is 0.377 e. The standard InChI is InChI=1S/C20H27N3O5S/c1-14(2)23-20(25)17-6-5-15(12-18(17)29(23,26)27)19(24)22-9-7-21(8-10-22)13-16-4-3-11-28-16/h5-6,12,14,16H,3-4,7-11,13H2,1-2H3. The number of amides is 2. The summed E-state index contributed by atoms with van der Waals surface area (Å²) in [7, 11) is -3.91. The quantitative estimate of drug-likeness (QED) is 0.726. The maximum Gasteiger partial charge on any atom is 0.269 e. The van der Waals surface area contributed by atoms with Crippen LogP contribution in [0.4, 0.5) is 0 Å². The fraction of sp³-hybridized carbons (Fsp3) is 0.600. The summed E-state index contributed by atoms with van der Waals surface area (Å²) in [4.78, 5) is 29.4. The molecule has 1 atom stereocenters. The Bertz CT molecular complexity index is 916. The summed E-state index contributed by atoms with van der Waals surface area (Å²) in [5.74, 6) is -0.730. The normalized spacial score (nSPS) is 24.4. The van der Waals surface area contributed by atoms with E-state index in [-0.39, 0.29) is 16.4 Å². The molecule has 4 rings (SSSR count). The van der Waals surface area contributed by atoms with Crippen LogP contribution in [0, 0.1) is 0 Å². The van der Waals surface area contributed by atoms with E-state index >= 15 is 0 Å². The number of nitrogens with zero attached hydrogens (tertiary/aromatic N) is 3. The number of ether oxygens (including phenoxy) is 1. The van der Waals surface area contributed by atoms with Crippen molar-refractivity contribution in [2.45, 2.75) is 43.7 Å². The molecular weight excluding hydrogens is 394 g/mol. The van der Waals surface area contributed by atoms with Crippen LogP contribution in [-0.2, 0) is 14.8 Å². The van der Waals surface area contributed by atoms with Gasteiger partial charge in [-0.2, -0.15) is 0 Å². The lowest BCUT2D eigenvalue weighted by Crippen LogP contribution is -2.50. The van der Waals surface area contributed by atoms with Crippen LogP contribution >= 0.6 is 0 Å². The Morgan fingerprint density at radius 1 is 1.21 bits per heavy atom. The highest BCUT2D eigenvalue weighted by molar-refractivity contribution is 7.90. The van der Waals surface area contributed by atoms with Gasteiger partial charge in [-0.15, -0.1) is 0 Å². The molecule has 0 aliphatic carbocycles. The van der Waals surface area contributed by atoms with Crippen molar-refractivity contribution in [2.24, 2.45) is 0 Å². The molecule has 1 unspecified atom stereocenters. The van der Waals surface area contributed by atoms with Gasteiger partial charge >= 0.3 is 0 Å². The molecule has 3 aliphatic rings. The van der Waals surface area contributed by atoms with Gasteiger partial charge in [0, 0.05) is 50.9 Å². The zero-order valence-electron chi connectivity index (χ0n) is 16.8. The van der Waals surface area contributed by atoms with Gasteiger partial charge in [0.1, 0.15) is 4.90 Å². The van der Waals surface area contributed by atoms with Crippen molar-refractivity contribution in [1.82, 2.24) is 14.1 Å². The number of fused-ring (bicyclic) bond motifs is 1. The van der Waals surface area contributed by atoms with E-state index in [0.717, 1.165) is 43.4 Å². The molecule has 0 spiro atoms. The van der Waals surface area contributed by atoms with Crippen molar-refractivity contribution < 1.29 is 22.7 Å². The van der Waals surface area contributed by atoms with Crippen molar-refractivity contribution in [3.63, 3.8) is 0 Å². The number of sulfonamides is 1. The number of carbonyl (C=O) groups is 2. The predicted octanol–water partition coefficient (Wildman–Crippen LogP) is 1.18. The van der Waals surface area contributed by atoms with E-state index in [1.165, 1.54) is 12.1 Å². The molecule has 8 nitrogen and oxygen atoms in total. The van der Waals surface area contributed by atoms with Gasteiger partial charge in [0.2, 0.25) is 0 Å². The zero-order valence-corrected chi connectivity index (χ0v) is 17.7. The smallest absolute Gasteiger partial charge is 0.269 e. The molecular formula is C20H27N3O5S. The Kier molecular flexibility index (Phi) is 5.39. The maximum absolute atomic E-state index is 12.9. The van der Waals surface area contributed by atoms with Crippen LogP contribution < -0.4 is 0 Å². The monoisotopic (exact) mass is 421 g/mol. The number of rotatable bonds is 4. The van der Waals surface area contributed by atoms with Gasteiger partial charge in [-0.1, -0.05) is 0 Å². The lowest BCUT2D eigenvalue weighted by atomic mass is 10.1. The minimum atomic E-state index is -3.91. The molecule has 1 aromatic rings. The molecule has 9 heteroatoms. The van der Waals surface area contributed by atoms with Crippen molar-refractivity contribution in [2.75, 3.05) is 39.3 Å². The van der Waals surface area contributed by atoms with Gasteiger partial charge in [-0.25, -0.2) is 12.7 Å². The molecule has 0 saturated carbocycles. The number of hydrogen-bond acceptors (Lipinski definition) is 6. The van der Waals surface area contributed by atoms with E-state index < -0.39 is 22.0 Å². The third-order valence-corrected chi connectivity index (χ3v) is 7.81. The summed E-state index contributed by atoms with van der Waals surface area (Å²) < 4.78 is 32.1. The van der Waals surface area contributed by atoms with E-state index in [1.807, 2.05) is 0 Å². The highest BCUT2D eigenvalue weighted by Gasteiger charge is 2.43. The van der Waals surface area contributed by atoms with Gasteiger partial charge in [0.15, 0.2) is 0 Å². The van der Waals surface area contributed by atoms with Crippen LogP contribution in [0.3, 0.4) is 0 Å². The molecule has 158 valence electrons. The molecule has 0 aromatic heterocycles. The molecule has 2 fully saturated rings. The third-order valence-electron chi connectivity index (χ3n) is 5.81. The Morgan fingerprint density at radius 3 is 2.55 bits per heavy atom. The second-order valence-corrected chi connectivity index (χ2v) is 9.92. The fourth-order valence-electron chi connectivity index (χ4n) is 4.28. The molecule has 2 amide bonds. The summed E-state index contributed by atoms with van der Waals surface area (Å²) in [5.41, 5.74) is 0.440. The summed E-state index contributed by atoms with van der Waals surface area (Å²) >= 11 is 0. The summed E-state index contributed by atoms with van der Waals surface area (Å²) in [5, 5.41) is 0. The van der Waals surface area contributed by atoms with Gasteiger partial charge in [-0.3, -0.25) is 14.5 Å². The van der Waals surface area contributed by atoms with Crippen LogP contribution in [-0.4, -0.2) is 85.8 Å². The van der Waals surface area contributed by atoms with E-state index in [2.05, 4.69) is 4.90 Å². The predicted molar refractivity (Wildman–Crippen MR) is 106 cm³/mol. The van der Waals surface area contributed by atoms with Crippen LogP contribution in [0.1, 0.15) is 47.4 Å². The Morgan fingerprint density at radius 2 is 1.93 bits per heavy atom. The molecule has 3 aliphatic heterocycles. The number of carbonyl (C=O) groups excluding carboxylic acids is 2. The summed E-state index contributed by atoms with van der Waals surface area (Å²) in [6.45, 7) is 7.77. The second-order valence-electron chi connectivity index (χ2n) is 8.14. The zero-order chi connectivity index (χ0) is 20.8. The second kappa shape index (κ2) is 7.70. The summed E-state index contributed by atoms with van der Waals surface area (Å²) in [6, 6.07) is 3.89. The highest BCUT2D eigenvalue weighted by atomic mass is 32.2. The molecule has 2 saturated heterocycles. The Hall–Kier alpha value is -1.97. The average molecular weight is 422 g/mol. The molecule has 29 heavy (non-hydrogen) atoms. The van der Waals surface area contributed by atoms with E-state index in [1.54, 1.807) is 24.8 Å². The minimum Gasteiger partial charge on any atom is -0.377 e. The highest BCUT2D eigenvalue weighted by Crippen LogP contribution is 2.33. The molecule has 0 N–H and O–H groups in total. The van der Waals surface area contributed by atoms with Crippen LogP contribution in [0.5, 0.6) is 0 Å². The van der Waals surface area contributed by atoms with E-state index in [4.69, 9.17) is 4.74 Å². The van der Waals surface area contributed by atoms with Crippen molar-refractivity contribution >= 4 is 21.8 Å². The van der Waals surface area contributed by atoms with Crippen molar-refractivity contribution in [3.8, 4) is 0 Å². The van der Waals surface area contributed by atoms with E-state index in [9.17, 15) is 18.0 Å². The van der Waals surface area contributed by atoms with E-state index in [0.29, 0.717) is 24.8 Å². The van der Waals surface area contributed by atoms with Gasteiger partial charge < -0.3 is 9.64 Å². The summed E-state index contributed by atoms with van der Waals surface area (Å²) in [6.07, 6.45) is 2.50. The first-order chi connectivity index (χ1) is 13.8. The number of benzene rings is 1. The lowest BCUT2D eigenvalue weighted by molar-refractivity contribution is 0.0432. The van der Waals surface area contributed by atoms with Crippen molar-refractivity contribution in [3.05, 3.63) is 29.3 Å². The molecule has 3 heterocycles. The van der Waals surface area contributed by atoms with Crippen molar-refractivity contribution in [1.29, 1.82) is 0 Å². The Balaban J connectivity index is 1.46. The third kappa shape index (κ3) is 3.67. The number of hydrogen-bond donors (Lipinski definition) is 0. The fourth-order valence-corrected chi connectivity index (χ4v) is 6.08. The first-order valence-electron chi connectivity index (χ1n) is 10.1. The van der Waals surface area contributed by atoms with Gasteiger partial charge in [-0.05, 0) is 44.9 Å². The Labute approximate surface area is 171 Å². The average Bonchev–Trinajstić information content (AvgIpc) is 3.26. The first-order valence-corrected chi connectivity index (χ1v) is 11.6. The SMILES string of the molecule is CC(C)N1C(=O)c2ccc(C(=O)N3CCN(CC4CCCO4)CC3)cc2S1(=O)=O. The van der Waals surface area contributed by atoms with Gasteiger partial charge in [0.25, 0.3) is 21.8 Å². The number of piperazine rings is 1. The van der Waals surface area contributed by atoms with Crippen LogP contribution in [0.25, 0.3) is 0 Å². The van der Waals surface area contributed by atoms with Crippen LogP contribution in [0.2, 0.25) is 0 Å². The molecule has 1 aromatic carbocycles. The maximum atomic E-state index is 12.9. The minimum absolute atomic E-state index is 0.0703. The van der Waals surface area contributed by atoms with Gasteiger partial charge in [0.05, 0.1) is 11.7 Å². The first kappa shape index (κ1) is 20.3. The molecule has 0 radical (unpaired) electrons. The van der Waals surface area contributed by atoms with Crippen LogP contribution in [0.15, 0.2) is 23.1 Å². The molecule has 0 bridgehead atoms. The topological polar surface area (TPSA) is 87.2 Å².